The molecule has 0 saturated heterocycles. The molecule has 0 aliphatic carbocycles. The van der Waals surface area contributed by atoms with Gasteiger partial charge in [0, 0.05) is 29.7 Å². The molecular weight excluding hydrogens is 202 g/mol. The van der Waals surface area contributed by atoms with Gasteiger partial charge in [0.1, 0.15) is 0 Å². The summed E-state index contributed by atoms with van der Waals surface area (Å²) in [6, 6.07) is 8.07. The molecule has 2 N–H and O–H groups in total. The van der Waals surface area contributed by atoms with Gasteiger partial charge >= 0.3 is 5.69 Å². The average Bonchev–Trinajstić information content (AvgIpc) is 2.77. The van der Waals surface area contributed by atoms with E-state index in [1.807, 2.05) is 24.4 Å². The highest BCUT2D eigenvalue weighted by molar-refractivity contribution is 5.84. The Bertz CT molecular complexity index is 676. The normalized spacial score (nSPS) is 10.8. The third kappa shape index (κ3) is 1.40. The van der Waals surface area contributed by atoms with Gasteiger partial charge < -0.3 is 9.97 Å². The standard InChI is InChI=1S/C12H9N3O/c16-12-14-6-10(7-15-12)8-1-2-11-9(5-8)3-4-13-11/h1-7,13H,(H,14,15,16). The molecule has 0 bridgehead atoms. The molecule has 4 heteroatoms. The molecule has 0 atom stereocenters. The topological polar surface area (TPSA) is 61.5 Å². The largest absolute Gasteiger partial charge is 0.361 e. The lowest BCUT2D eigenvalue weighted by atomic mass is 10.1. The zero-order chi connectivity index (χ0) is 11.0. The Balaban J connectivity index is 2.17. The Morgan fingerprint density at radius 1 is 1.06 bits per heavy atom. The van der Waals surface area contributed by atoms with Crippen LogP contribution in [-0.4, -0.2) is 15.0 Å². The van der Waals surface area contributed by atoms with Crippen molar-refractivity contribution in [2.24, 2.45) is 0 Å². The molecule has 0 amide bonds. The van der Waals surface area contributed by atoms with Gasteiger partial charge in [-0.1, -0.05) is 6.07 Å². The summed E-state index contributed by atoms with van der Waals surface area (Å²) in [7, 11) is 0. The van der Waals surface area contributed by atoms with Crippen LogP contribution >= 0.6 is 0 Å². The minimum Gasteiger partial charge on any atom is -0.361 e. The Morgan fingerprint density at radius 2 is 2.00 bits per heavy atom. The van der Waals surface area contributed by atoms with E-state index in [9.17, 15) is 4.79 Å². The maximum absolute atomic E-state index is 10.9. The first-order chi connectivity index (χ1) is 7.83. The number of aromatic nitrogens is 3. The molecule has 0 spiro atoms. The van der Waals surface area contributed by atoms with Crippen LogP contribution in [0.5, 0.6) is 0 Å². The van der Waals surface area contributed by atoms with E-state index in [1.165, 1.54) is 0 Å². The molecule has 4 nitrogen and oxygen atoms in total. The highest BCUT2D eigenvalue weighted by Crippen LogP contribution is 2.22. The van der Waals surface area contributed by atoms with Crippen molar-refractivity contribution in [2.45, 2.75) is 0 Å². The molecule has 78 valence electrons. The maximum Gasteiger partial charge on any atom is 0.344 e. The van der Waals surface area contributed by atoms with Gasteiger partial charge in [-0.15, -0.1) is 0 Å². The molecule has 3 rings (SSSR count). The van der Waals surface area contributed by atoms with E-state index in [4.69, 9.17) is 0 Å². The second kappa shape index (κ2) is 3.34. The van der Waals surface area contributed by atoms with Gasteiger partial charge in [0.05, 0.1) is 0 Å². The van der Waals surface area contributed by atoms with Crippen molar-refractivity contribution in [3.05, 3.63) is 53.3 Å². The lowest BCUT2D eigenvalue weighted by Crippen LogP contribution is -2.07. The number of H-pyrrole nitrogens is 2. The third-order valence-electron chi connectivity index (χ3n) is 2.56. The number of hydrogen-bond acceptors (Lipinski definition) is 2. The molecule has 3 aromatic rings. The number of nitrogens with zero attached hydrogens (tertiary/aromatic N) is 1. The van der Waals surface area contributed by atoms with E-state index in [2.05, 4.69) is 21.0 Å². The first kappa shape index (κ1) is 8.91. The number of hydrogen-bond donors (Lipinski definition) is 2. The lowest BCUT2D eigenvalue weighted by Gasteiger charge is -2.00. The molecule has 0 radical (unpaired) electrons. The maximum atomic E-state index is 10.9. The van der Waals surface area contributed by atoms with Crippen molar-refractivity contribution >= 4 is 10.9 Å². The first-order valence-corrected chi connectivity index (χ1v) is 4.95. The molecule has 0 aliphatic heterocycles. The molecule has 2 heterocycles. The van der Waals surface area contributed by atoms with E-state index < -0.39 is 0 Å². The number of benzene rings is 1. The van der Waals surface area contributed by atoms with Gasteiger partial charge in [-0.25, -0.2) is 9.78 Å². The van der Waals surface area contributed by atoms with Crippen molar-refractivity contribution in [3.8, 4) is 11.1 Å². The predicted molar refractivity (Wildman–Crippen MR) is 62.2 cm³/mol. The highest BCUT2D eigenvalue weighted by atomic mass is 16.1. The fourth-order valence-corrected chi connectivity index (χ4v) is 1.73. The molecular formula is C12H9N3O. The van der Waals surface area contributed by atoms with Crippen LogP contribution in [0.15, 0.2) is 47.7 Å². The van der Waals surface area contributed by atoms with Crippen LogP contribution < -0.4 is 5.69 Å². The Labute approximate surface area is 91.0 Å². The summed E-state index contributed by atoms with van der Waals surface area (Å²) >= 11 is 0. The zero-order valence-electron chi connectivity index (χ0n) is 8.40. The molecule has 2 aromatic heterocycles. The third-order valence-corrected chi connectivity index (χ3v) is 2.56. The first-order valence-electron chi connectivity index (χ1n) is 4.95. The van der Waals surface area contributed by atoms with E-state index in [-0.39, 0.29) is 5.69 Å². The second-order valence-electron chi connectivity index (χ2n) is 3.59. The molecule has 1 aromatic carbocycles. The predicted octanol–water partition coefficient (Wildman–Crippen LogP) is 1.92. The van der Waals surface area contributed by atoms with E-state index in [0.29, 0.717) is 0 Å². The minimum atomic E-state index is -0.327. The van der Waals surface area contributed by atoms with Crippen LogP contribution in [0.1, 0.15) is 0 Å². The highest BCUT2D eigenvalue weighted by Gasteiger charge is 2.00. The van der Waals surface area contributed by atoms with Crippen LogP contribution in [-0.2, 0) is 0 Å². The molecule has 16 heavy (non-hydrogen) atoms. The number of fused-ring (bicyclic) bond motifs is 1. The number of aromatic amines is 2. The number of rotatable bonds is 1. The Hall–Kier alpha value is -2.36. The zero-order valence-corrected chi connectivity index (χ0v) is 8.40. The van der Waals surface area contributed by atoms with E-state index in [1.54, 1.807) is 12.4 Å². The van der Waals surface area contributed by atoms with Crippen molar-refractivity contribution in [3.63, 3.8) is 0 Å². The lowest BCUT2D eigenvalue weighted by molar-refractivity contribution is 1.08. The molecule has 0 fully saturated rings. The summed E-state index contributed by atoms with van der Waals surface area (Å²) in [6.45, 7) is 0. The summed E-state index contributed by atoms with van der Waals surface area (Å²) in [6.07, 6.45) is 5.15. The number of nitrogens with one attached hydrogen (secondary N) is 2. The summed E-state index contributed by atoms with van der Waals surface area (Å²) in [5.41, 5.74) is 2.71. The summed E-state index contributed by atoms with van der Waals surface area (Å²) in [5, 5.41) is 1.14. The molecule has 0 unspecified atom stereocenters. The summed E-state index contributed by atoms with van der Waals surface area (Å²) in [5.74, 6) is 0. The Morgan fingerprint density at radius 3 is 2.81 bits per heavy atom. The summed E-state index contributed by atoms with van der Waals surface area (Å²) in [4.78, 5) is 20.3. The van der Waals surface area contributed by atoms with Crippen molar-refractivity contribution in [2.75, 3.05) is 0 Å². The monoisotopic (exact) mass is 211 g/mol. The molecule has 0 saturated carbocycles. The van der Waals surface area contributed by atoms with Gasteiger partial charge in [0.25, 0.3) is 0 Å². The SMILES string of the molecule is O=c1ncc(-c2ccc3[nH]ccc3c2)c[nH]1. The fraction of sp³-hybridized carbons (Fsp3) is 0. The van der Waals surface area contributed by atoms with Crippen LogP contribution in [0.3, 0.4) is 0 Å². The van der Waals surface area contributed by atoms with Crippen LogP contribution in [0.2, 0.25) is 0 Å². The quantitative estimate of drug-likeness (QED) is 0.646. The average molecular weight is 211 g/mol. The summed E-state index contributed by atoms with van der Waals surface area (Å²) < 4.78 is 0. The van der Waals surface area contributed by atoms with E-state index in [0.717, 1.165) is 22.0 Å². The van der Waals surface area contributed by atoms with Gasteiger partial charge in [-0.2, -0.15) is 0 Å². The smallest absolute Gasteiger partial charge is 0.344 e. The van der Waals surface area contributed by atoms with Gasteiger partial charge in [-0.05, 0) is 29.1 Å². The second-order valence-corrected chi connectivity index (χ2v) is 3.59. The Kier molecular flexibility index (Phi) is 1.86. The van der Waals surface area contributed by atoms with Gasteiger partial charge in [0.15, 0.2) is 0 Å². The van der Waals surface area contributed by atoms with Gasteiger partial charge in [-0.3, -0.25) is 0 Å². The van der Waals surface area contributed by atoms with E-state index >= 15 is 0 Å². The van der Waals surface area contributed by atoms with Crippen LogP contribution in [0, 0.1) is 0 Å². The van der Waals surface area contributed by atoms with Crippen molar-refractivity contribution < 1.29 is 0 Å². The fourth-order valence-electron chi connectivity index (χ4n) is 1.73. The molecule has 0 aliphatic rings. The van der Waals surface area contributed by atoms with Crippen LogP contribution in [0.4, 0.5) is 0 Å². The van der Waals surface area contributed by atoms with Crippen molar-refractivity contribution in [1.82, 2.24) is 15.0 Å². The van der Waals surface area contributed by atoms with Crippen molar-refractivity contribution in [1.29, 1.82) is 0 Å². The van der Waals surface area contributed by atoms with Gasteiger partial charge in [0.2, 0.25) is 0 Å². The van der Waals surface area contributed by atoms with Crippen LogP contribution in [0.25, 0.3) is 22.0 Å². The minimum absolute atomic E-state index is 0.327.